The molecule has 2 heterocycles. The smallest absolute Gasteiger partial charge is 0.409 e. The zero-order valence-corrected chi connectivity index (χ0v) is 12.4. The molecule has 1 aliphatic rings. The van der Waals surface area contributed by atoms with E-state index in [-0.39, 0.29) is 6.09 Å². The molecule has 0 radical (unpaired) electrons. The van der Waals surface area contributed by atoms with Crippen molar-refractivity contribution >= 4 is 12.1 Å². The van der Waals surface area contributed by atoms with Crippen LogP contribution in [0.25, 0.3) is 11.5 Å². The minimum atomic E-state index is -0.266. The average Bonchev–Trinajstić information content (AvgIpc) is 3.06. The Hall–Kier alpha value is -2.57. The summed E-state index contributed by atoms with van der Waals surface area (Å²) in [5.41, 5.74) is 0.895. The van der Waals surface area contributed by atoms with Crippen molar-refractivity contribution in [3.63, 3.8) is 0 Å². The van der Waals surface area contributed by atoms with Crippen LogP contribution in [0.5, 0.6) is 0 Å². The number of anilines is 1. The Bertz CT molecular complexity index is 621. The van der Waals surface area contributed by atoms with Crippen LogP contribution >= 0.6 is 0 Å². The number of amides is 1. The first-order chi connectivity index (χ1) is 10.8. The standard InChI is InChI=1S/C15H18N4O3/c1-2-21-15(20)19-10-8-18(9-11-19)14-17-16-13(22-14)12-6-4-3-5-7-12/h3-7H,2,8-11H2,1H3. The number of hydrogen-bond acceptors (Lipinski definition) is 6. The van der Waals surface area contributed by atoms with Crippen LogP contribution in [-0.2, 0) is 4.74 Å². The molecule has 2 aromatic rings. The molecule has 0 N–H and O–H groups in total. The Balaban J connectivity index is 1.63. The van der Waals surface area contributed by atoms with Crippen LogP contribution in [0.15, 0.2) is 34.7 Å². The van der Waals surface area contributed by atoms with Gasteiger partial charge in [0.2, 0.25) is 5.89 Å². The van der Waals surface area contributed by atoms with Crippen LogP contribution in [0.4, 0.5) is 10.8 Å². The molecule has 1 fully saturated rings. The molecule has 0 aliphatic carbocycles. The Kier molecular flexibility index (Phi) is 4.22. The number of nitrogens with zero attached hydrogens (tertiary/aromatic N) is 4. The summed E-state index contributed by atoms with van der Waals surface area (Å²) in [7, 11) is 0. The Morgan fingerprint density at radius 1 is 1.18 bits per heavy atom. The molecule has 1 aromatic carbocycles. The highest BCUT2D eigenvalue weighted by atomic mass is 16.6. The number of carbonyl (C=O) groups is 1. The van der Waals surface area contributed by atoms with E-state index in [0.717, 1.165) is 5.56 Å². The van der Waals surface area contributed by atoms with Crippen molar-refractivity contribution in [2.45, 2.75) is 6.92 Å². The van der Waals surface area contributed by atoms with Crippen LogP contribution in [0, 0.1) is 0 Å². The van der Waals surface area contributed by atoms with Crippen LogP contribution in [0.1, 0.15) is 6.92 Å². The Morgan fingerprint density at radius 2 is 1.91 bits per heavy atom. The predicted octanol–water partition coefficient (Wildman–Crippen LogP) is 2.02. The number of carbonyl (C=O) groups excluding carboxylic acids is 1. The van der Waals surface area contributed by atoms with Gasteiger partial charge in [0.15, 0.2) is 0 Å². The number of rotatable bonds is 3. The van der Waals surface area contributed by atoms with E-state index in [9.17, 15) is 4.79 Å². The molecule has 0 bridgehead atoms. The first-order valence-electron chi connectivity index (χ1n) is 7.33. The van der Waals surface area contributed by atoms with E-state index in [1.165, 1.54) is 0 Å². The first-order valence-corrected chi connectivity index (χ1v) is 7.33. The zero-order valence-electron chi connectivity index (χ0n) is 12.4. The second-order valence-corrected chi connectivity index (χ2v) is 4.93. The molecule has 0 atom stereocenters. The van der Waals surface area contributed by atoms with Gasteiger partial charge >= 0.3 is 12.1 Å². The lowest BCUT2D eigenvalue weighted by Gasteiger charge is -2.32. The minimum absolute atomic E-state index is 0.266. The SMILES string of the molecule is CCOC(=O)N1CCN(c2nnc(-c3ccccc3)o2)CC1. The third-order valence-corrected chi connectivity index (χ3v) is 3.51. The molecule has 1 aromatic heterocycles. The van der Waals surface area contributed by atoms with E-state index in [2.05, 4.69) is 10.2 Å². The van der Waals surface area contributed by atoms with Crippen molar-refractivity contribution in [2.75, 3.05) is 37.7 Å². The number of hydrogen-bond donors (Lipinski definition) is 0. The summed E-state index contributed by atoms with van der Waals surface area (Å²) in [5.74, 6) is 0.503. The Labute approximate surface area is 128 Å². The monoisotopic (exact) mass is 302 g/mol. The van der Waals surface area contributed by atoms with Crippen LogP contribution in [0.2, 0.25) is 0 Å². The fraction of sp³-hybridized carbons (Fsp3) is 0.400. The third kappa shape index (κ3) is 3.03. The van der Waals surface area contributed by atoms with Gasteiger partial charge in [-0.3, -0.25) is 0 Å². The van der Waals surface area contributed by atoms with E-state index in [1.54, 1.807) is 11.8 Å². The van der Waals surface area contributed by atoms with Crippen molar-refractivity contribution in [1.29, 1.82) is 0 Å². The van der Waals surface area contributed by atoms with Gasteiger partial charge < -0.3 is 19.0 Å². The largest absolute Gasteiger partial charge is 0.450 e. The van der Waals surface area contributed by atoms with E-state index in [0.29, 0.717) is 44.7 Å². The average molecular weight is 302 g/mol. The lowest BCUT2D eigenvalue weighted by atomic mass is 10.2. The van der Waals surface area contributed by atoms with Crippen LogP contribution < -0.4 is 4.90 Å². The van der Waals surface area contributed by atoms with Gasteiger partial charge in [-0.2, -0.15) is 0 Å². The molecule has 1 amide bonds. The highest BCUT2D eigenvalue weighted by Crippen LogP contribution is 2.22. The molecule has 7 nitrogen and oxygen atoms in total. The molecular weight excluding hydrogens is 284 g/mol. The molecule has 1 saturated heterocycles. The zero-order chi connectivity index (χ0) is 15.4. The maximum Gasteiger partial charge on any atom is 0.409 e. The number of ether oxygens (including phenoxy) is 1. The van der Waals surface area contributed by atoms with Gasteiger partial charge in [0, 0.05) is 31.7 Å². The fourth-order valence-corrected chi connectivity index (χ4v) is 2.34. The first kappa shape index (κ1) is 14.4. The van der Waals surface area contributed by atoms with Gasteiger partial charge in [-0.05, 0) is 19.1 Å². The summed E-state index contributed by atoms with van der Waals surface area (Å²) in [4.78, 5) is 15.3. The van der Waals surface area contributed by atoms with Gasteiger partial charge in [-0.15, -0.1) is 5.10 Å². The number of piperazine rings is 1. The summed E-state index contributed by atoms with van der Waals surface area (Å²) in [5, 5.41) is 8.18. The number of benzene rings is 1. The van der Waals surface area contributed by atoms with Crippen molar-refractivity contribution in [3.8, 4) is 11.5 Å². The summed E-state index contributed by atoms with van der Waals surface area (Å²) < 4.78 is 10.7. The fourth-order valence-electron chi connectivity index (χ4n) is 2.34. The van der Waals surface area contributed by atoms with Crippen molar-refractivity contribution in [2.24, 2.45) is 0 Å². The lowest BCUT2D eigenvalue weighted by Crippen LogP contribution is -2.49. The molecule has 116 valence electrons. The molecule has 22 heavy (non-hydrogen) atoms. The van der Waals surface area contributed by atoms with Crippen molar-refractivity contribution in [3.05, 3.63) is 30.3 Å². The lowest BCUT2D eigenvalue weighted by molar-refractivity contribution is 0.104. The molecular formula is C15H18N4O3. The quantitative estimate of drug-likeness (QED) is 0.863. The van der Waals surface area contributed by atoms with Gasteiger partial charge in [0.1, 0.15) is 0 Å². The molecule has 0 spiro atoms. The van der Waals surface area contributed by atoms with Gasteiger partial charge in [-0.1, -0.05) is 23.3 Å². The maximum absolute atomic E-state index is 11.7. The molecule has 3 rings (SSSR count). The molecule has 1 aliphatic heterocycles. The normalized spacial score (nSPS) is 15.0. The number of aromatic nitrogens is 2. The summed E-state index contributed by atoms with van der Waals surface area (Å²) >= 11 is 0. The molecule has 0 unspecified atom stereocenters. The topological polar surface area (TPSA) is 71.7 Å². The van der Waals surface area contributed by atoms with E-state index in [1.807, 2.05) is 35.2 Å². The van der Waals surface area contributed by atoms with E-state index >= 15 is 0 Å². The predicted molar refractivity (Wildman–Crippen MR) is 80.5 cm³/mol. The maximum atomic E-state index is 11.7. The second-order valence-electron chi connectivity index (χ2n) is 4.93. The highest BCUT2D eigenvalue weighted by Gasteiger charge is 2.25. The van der Waals surface area contributed by atoms with E-state index < -0.39 is 0 Å². The summed E-state index contributed by atoms with van der Waals surface area (Å²) in [6.07, 6.45) is -0.266. The van der Waals surface area contributed by atoms with Crippen molar-refractivity contribution in [1.82, 2.24) is 15.1 Å². The minimum Gasteiger partial charge on any atom is -0.450 e. The van der Waals surface area contributed by atoms with Gasteiger partial charge in [-0.25, -0.2) is 4.79 Å². The third-order valence-electron chi connectivity index (χ3n) is 3.51. The van der Waals surface area contributed by atoms with Crippen LogP contribution in [0.3, 0.4) is 0 Å². The highest BCUT2D eigenvalue weighted by molar-refractivity contribution is 5.68. The summed E-state index contributed by atoms with van der Waals surface area (Å²) in [6, 6.07) is 10.1. The van der Waals surface area contributed by atoms with Crippen molar-refractivity contribution < 1.29 is 13.9 Å². The van der Waals surface area contributed by atoms with E-state index in [4.69, 9.17) is 9.15 Å². The van der Waals surface area contributed by atoms with Gasteiger partial charge in [0.25, 0.3) is 0 Å². The van der Waals surface area contributed by atoms with Gasteiger partial charge in [0.05, 0.1) is 6.61 Å². The van der Waals surface area contributed by atoms with Crippen LogP contribution in [-0.4, -0.2) is 54.0 Å². The molecule has 0 saturated carbocycles. The summed E-state index contributed by atoms with van der Waals surface area (Å²) in [6.45, 7) is 4.66. The second kappa shape index (κ2) is 6.46. The molecule has 7 heteroatoms. The Morgan fingerprint density at radius 3 is 2.59 bits per heavy atom.